The first-order valence-electron chi connectivity index (χ1n) is 9.36. The number of hydrogen-bond donors (Lipinski definition) is 1. The van der Waals surface area contributed by atoms with E-state index in [1.165, 1.54) is 16.0 Å². The molecule has 3 nitrogen and oxygen atoms in total. The summed E-state index contributed by atoms with van der Waals surface area (Å²) in [5.41, 5.74) is 2.64. The summed E-state index contributed by atoms with van der Waals surface area (Å²) in [6, 6.07) is 12.9. The van der Waals surface area contributed by atoms with E-state index in [0.29, 0.717) is 0 Å². The van der Waals surface area contributed by atoms with Crippen molar-refractivity contribution in [3.05, 3.63) is 46.7 Å². The van der Waals surface area contributed by atoms with Crippen molar-refractivity contribution in [3.8, 4) is 11.1 Å². The highest BCUT2D eigenvalue weighted by atomic mass is 32.1. The lowest BCUT2D eigenvalue weighted by atomic mass is 9.58. The van der Waals surface area contributed by atoms with E-state index in [-0.39, 0.29) is 17.6 Å². The summed E-state index contributed by atoms with van der Waals surface area (Å²) in [4.78, 5) is 3.95. The van der Waals surface area contributed by atoms with Gasteiger partial charge in [0.15, 0.2) is 0 Å². The van der Waals surface area contributed by atoms with Crippen LogP contribution in [0.15, 0.2) is 41.8 Å². The number of nitrogens with zero attached hydrogens (tertiary/aromatic N) is 1. The quantitative estimate of drug-likeness (QED) is 0.872. The van der Waals surface area contributed by atoms with E-state index < -0.39 is 0 Å². The predicted octanol–water partition coefficient (Wildman–Crippen LogP) is 4.17. The minimum atomic E-state index is -0.169. The van der Waals surface area contributed by atoms with Gasteiger partial charge in [-0.2, -0.15) is 0 Å². The highest BCUT2D eigenvalue weighted by Crippen LogP contribution is 2.51. The van der Waals surface area contributed by atoms with Crippen LogP contribution in [0.3, 0.4) is 0 Å². The summed E-state index contributed by atoms with van der Waals surface area (Å²) in [5.74, 6) is 0. The number of piperidine rings is 1. The van der Waals surface area contributed by atoms with Gasteiger partial charge in [0.2, 0.25) is 0 Å². The molecular weight excluding hydrogens is 330 g/mol. The molecule has 0 amide bonds. The molecule has 2 aromatic rings. The minimum absolute atomic E-state index is 0.0250. The van der Waals surface area contributed by atoms with Crippen LogP contribution in [0.5, 0.6) is 0 Å². The Balaban J connectivity index is 1.36. The normalized spacial score (nSPS) is 25.8. The van der Waals surface area contributed by atoms with Crippen LogP contribution < -0.4 is 0 Å². The third-order valence-electron chi connectivity index (χ3n) is 6.04. The molecule has 1 aliphatic carbocycles. The van der Waals surface area contributed by atoms with Crippen molar-refractivity contribution in [2.45, 2.75) is 44.9 Å². The average molecular weight is 358 g/mol. The Morgan fingerprint density at radius 2 is 1.96 bits per heavy atom. The number of likely N-dealkylation sites (tertiary alicyclic amines) is 1. The number of aliphatic hydroxyl groups excluding tert-OH is 1. The molecule has 4 rings (SSSR count). The molecule has 0 radical (unpaired) electrons. The van der Waals surface area contributed by atoms with Gasteiger partial charge in [-0.15, -0.1) is 11.3 Å². The highest BCUT2D eigenvalue weighted by molar-refractivity contribution is 7.10. The maximum atomic E-state index is 10.3. The van der Waals surface area contributed by atoms with Crippen LogP contribution in [0, 0.1) is 5.41 Å². The summed E-state index contributed by atoms with van der Waals surface area (Å²) in [6.07, 6.45) is 3.02. The number of hydrogen-bond acceptors (Lipinski definition) is 4. The van der Waals surface area contributed by atoms with E-state index >= 15 is 0 Å². The van der Waals surface area contributed by atoms with E-state index in [1.54, 1.807) is 0 Å². The smallest absolute Gasteiger partial charge is 0.0681 e. The fourth-order valence-corrected chi connectivity index (χ4v) is 5.34. The van der Waals surface area contributed by atoms with Crippen LogP contribution in [-0.2, 0) is 11.3 Å². The maximum Gasteiger partial charge on any atom is 0.0681 e. The molecule has 2 atom stereocenters. The van der Waals surface area contributed by atoms with Crippen molar-refractivity contribution in [3.63, 3.8) is 0 Å². The molecule has 2 heterocycles. The summed E-state index contributed by atoms with van der Waals surface area (Å²) in [5, 5.41) is 12.6. The molecule has 1 N–H and O–H groups in total. The zero-order valence-corrected chi connectivity index (χ0v) is 15.7. The Labute approximate surface area is 154 Å². The van der Waals surface area contributed by atoms with Gasteiger partial charge in [-0.25, -0.2) is 0 Å². The molecule has 1 aromatic carbocycles. The lowest BCUT2D eigenvalue weighted by Crippen LogP contribution is -2.62. The standard InChI is InChI=1S/C21H27NO2S/c1-2-24-20-13-19(23)21(20)8-10-22(11-9-21)14-18-12-17(15-25-18)16-6-4-3-5-7-16/h3-7,12,15,19-20,23H,2,8-11,13-14H2,1H3. The van der Waals surface area contributed by atoms with Crippen LogP contribution in [0.2, 0.25) is 0 Å². The molecule has 134 valence electrons. The summed E-state index contributed by atoms with van der Waals surface area (Å²) in [6.45, 7) is 5.93. The number of benzene rings is 1. The molecule has 1 saturated carbocycles. The lowest BCUT2D eigenvalue weighted by molar-refractivity contribution is -0.209. The van der Waals surface area contributed by atoms with Crippen LogP contribution in [0.4, 0.5) is 0 Å². The molecule has 4 heteroatoms. The second-order valence-corrected chi connectivity index (χ2v) is 8.37. The van der Waals surface area contributed by atoms with Gasteiger partial charge < -0.3 is 9.84 Å². The second-order valence-electron chi connectivity index (χ2n) is 7.37. The van der Waals surface area contributed by atoms with E-state index in [0.717, 1.165) is 45.5 Å². The highest BCUT2D eigenvalue weighted by Gasteiger charge is 2.55. The van der Waals surface area contributed by atoms with Crippen molar-refractivity contribution in [2.24, 2.45) is 5.41 Å². The van der Waals surface area contributed by atoms with Crippen molar-refractivity contribution in [1.29, 1.82) is 0 Å². The van der Waals surface area contributed by atoms with E-state index in [1.807, 2.05) is 11.3 Å². The van der Waals surface area contributed by atoms with Gasteiger partial charge in [-0.05, 0) is 55.4 Å². The van der Waals surface area contributed by atoms with Crippen molar-refractivity contribution < 1.29 is 9.84 Å². The zero-order chi connectivity index (χ0) is 17.3. The van der Waals surface area contributed by atoms with Gasteiger partial charge in [0.25, 0.3) is 0 Å². The molecule has 1 spiro atoms. The van der Waals surface area contributed by atoms with E-state index in [4.69, 9.17) is 4.74 Å². The fraction of sp³-hybridized carbons (Fsp3) is 0.524. The summed E-state index contributed by atoms with van der Waals surface area (Å²) in [7, 11) is 0. The fourth-order valence-electron chi connectivity index (χ4n) is 4.41. The molecule has 25 heavy (non-hydrogen) atoms. The maximum absolute atomic E-state index is 10.3. The van der Waals surface area contributed by atoms with E-state index in [9.17, 15) is 5.11 Å². The average Bonchev–Trinajstić information content (AvgIpc) is 3.11. The van der Waals surface area contributed by atoms with Crippen LogP contribution in [-0.4, -0.2) is 41.9 Å². The molecule has 2 fully saturated rings. The van der Waals surface area contributed by atoms with Gasteiger partial charge in [-0.3, -0.25) is 4.90 Å². The summed E-state index contributed by atoms with van der Waals surface area (Å²) >= 11 is 1.85. The SMILES string of the molecule is CCOC1CC(O)C12CCN(Cc1cc(-c3ccccc3)cs1)CC2. The van der Waals surface area contributed by atoms with Crippen LogP contribution >= 0.6 is 11.3 Å². The number of aliphatic hydroxyl groups is 1. The molecule has 1 aliphatic heterocycles. The minimum Gasteiger partial charge on any atom is -0.392 e. The largest absolute Gasteiger partial charge is 0.392 e. The number of rotatable bonds is 5. The third-order valence-corrected chi connectivity index (χ3v) is 6.96. The zero-order valence-electron chi connectivity index (χ0n) is 14.9. The van der Waals surface area contributed by atoms with Crippen molar-refractivity contribution >= 4 is 11.3 Å². The third kappa shape index (κ3) is 3.28. The Morgan fingerprint density at radius 1 is 1.20 bits per heavy atom. The number of ether oxygens (including phenoxy) is 1. The first kappa shape index (κ1) is 17.2. The van der Waals surface area contributed by atoms with Gasteiger partial charge in [0.1, 0.15) is 0 Å². The Bertz CT molecular complexity index is 689. The first-order valence-corrected chi connectivity index (χ1v) is 10.2. The van der Waals surface area contributed by atoms with Crippen LogP contribution in [0.1, 0.15) is 31.1 Å². The summed E-state index contributed by atoms with van der Waals surface area (Å²) < 4.78 is 5.87. The Hall–Kier alpha value is -1.20. The van der Waals surface area contributed by atoms with Gasteiger partial charge in [0.05, 0.1) is 12.2 Å². The molecule has 1 saturated heterocycles. The number of thiophene rings is 1. The van der Waals surface area contributed by atoms with Crippen molar-refractivity contribution in [2.75, 3.05) is 19.7 Å². The first-order chi connectivity index (χ1) is 12.2. The lowest BCUT2D eigenvalue weighted by Gasteiger charge is -2.56. The van der Waals surface area contributed by atoms with E-state index in [2.05, 4.69) is 53.6 Å². The molecule has 1 aromatic heterocycles. The topological polar surface area (TPSA) is 32.7 Å². The Morgan fingerprint density at radius 3 is 2.64 bits per heavy atom. The predicted molar refractivity (Wildman–Crippen MR) is 103 cm³/mol. The molecule has 0 bridgehead atoms. The molecule has 2 unspecified atom stereocenters. The van der Waals surface area contributed by atoms with Crippen LogP contribution in [0.25, 0.3) is 11.1 Å². The monoisotopic (exact) mass is 357 g/mol. The second kappa shape index (κ2) is 7.20. The van der Waals surface area contributed by atoms with Gasteiger partial charge in [-0.1, -0.05) is 30.3 Å². The molecular formula is C21H27NO2S. The molecule has 2 aliphatic rings. The van der Waals surface area contributed by atoms with Gasteiger partial charge >= 0.3 is 0 Å². The van der Waals surface area contributed by atoms with Gasteiger partial charge in [0, 0.05) is 29.9 Å². The van der Waals surface area contributed by atoms with Crippen molar-refractivity contribution in [1.82, 2.24) is 4.90 Å². The Kier molecular flexibility index (Phi) is 4.96.